The monoisotopic (exact) mass is 342 g/mol. The third-order valence-corrected chi connectivity index (χ3v) is 3.79. The van der Waals surface area contributed by atoms with Crippen molar-refractivity contribution in [3.8, 4) is 0 Å². The zero-order valence-electron chi connectivity index (χ0n) is 10.2. The number of methoxy groups -OCH3 is 1. The van der Waals surface area contributed by atoms with Gasteiger partial charge >= 0.3 is 5.97 Å². The number of hydrogen-bond donors (Lipinski definition) is 2. The predicted octanol–water partition coefficient (Wildman–Crippen LogP) is 3.83. The molecule has 0 saturated heterocycles. The highest BCUT2D eigenvalue weighted by atomic mass is 79.9. The average molecular weight is 344 g/mol. The van der Waals surface area contributed by atoms with Gasteiger partial charge in [0, 0.05) is 15.9 Å². The number of ether oxygens (including phenoxy) is 1. The normalized spacial score (nSPS) is 10.3. The predicted molar refractivity (Wildman–Crippen MR) is 78.6 cm³/mol. The Balaban J connectivity index is 2.00. The Hall–Kier alpha value is -1.46. The van der Waals surface area contributed by atoms with Gasteiger partial charge in [0.25, 0.3) is 0 Å². The van der Waals surface area contributed by atoms with Gasteiger partial charge in [-0.3, -0.25) is 0 Å². The number of carbonyl (C=O) groups excluding carboxylic acids is 1. The number of esters is 1. The summed E-state index contributed by atoms with van der Waals surface area (Å²) in [6.07, 6.45) is 0. The minimum Gasteiger partial charge on any atom is -0.464 e. The fourth-order valence-corrected chi connectivity index (χ4v) is 2.00. The molecule has 0 fully saturated rings. The van der Waals surface area contributed by atoms with Gasteiger partial charge in [-0.2, -0.15) is 0 Å². The third kappa shape index (κ3) is 3.52. The van der Waals surface area contributed by atoms with Gasteiger partial charge in [-0.15, -0.1) is 0 Å². The Morgan fingerprint density at radius 1 is 1.42 bits per heavy atom. The van der Waals surface area contributed by atoms with Crippen LogP contribution in [-0.2, 0) is 11.3 Å². The van der Waals surface area contributed by atoms with Crippen LogP contribution in [0, 0.1) is 0 Å². The number of benzene rings is 1. The lowest BCUT2D eigenvalue weighted by molar-refractivity contribution is 0.0594. The fourth-order valence-electron chi connectivity index (χ4n) is 1.58. The van der Waals surface area contributed by atoms with Gasteiger partial charge in [-0.05, 0) is 46.3 Å². The summed E-state index contributed by atoms with van der Waals surface area (Å²) in [5.41, 5.74) is 2.23. The number of nitrogens with one attached hydrogen (secondary N) is 2. The van der Waals surface area contributed by atoms with Crippen molar-refractivity contribution >= 4 is 39.2 Å². The number of rotatable bonds is 4. The second-order valence-corrected chi connectivity index (χ2v) is 5.13. The molecule has 4 nitrogen and oxygen atoms in total. The Morgan fingerprint density at radius 3 is 2.89 bits per heavy atom. The summed E-state index contributed by atoms with van der Waals surface area (Å²) >= 11 is 9.34. The average Bonchev–Trinajstić information content (AvgIpc) is 2.88. The first kappa shape index (κ1) is 14.0. The van der Waals surface area contributed by atoms with Crippen molar-refractivity contribution in [3.05, 3.63) is 51.2 Å². The lowest BCUT2D eigenvalue weighted by Gasteiger charge is -2.06. The molecule has 2 rings (SSSR count). The summed E-state index contributed by atoms with van der Waals surface area (Å²) < 4.78 is 5.48. The van der Waals surface area contributed by atoms with E-state index in [1.807, 2.05) is 24.3 Å². The Labute approximate surface area is 124 Å². The molecule has 0 aliphatic carbocycles. The molecule has 100 valence electrons. The number of halogens is 2. The van der Waals surface area contributed by atoms with Crippen LogP contribution in [0.5, 0.6) is 0 Å². The lowest BCUT2D eigenvalue weighted by Crippen LogP contribution is -2.03. The molecule has 0 spiro atoms. The first-order valence-corrected chi connectivity index (χ1v) is 6.72. The van der Waals surface area contributed by atoms with E-state index in [4.69, 9.17) is 11.6 Å². The summed E-state index contributed by atoms with van der Waals surface area (Å²) in [6.45, 7) is 0.564. The lowest BCUT2D eigenvalue weighted by atomic mass is 10.3. The van der Waals surface area contributed by atoms with E-state index in [9.17, 15) is 4.79 Å². The molecule has 0 atom stereocenters. The zero-order valence-corrected chi connectivity index (χ0v) is 12.5. The molecule has 0 saturated carbocycles. The highest BCUT2D eigenvalue weighted by Gasteiger charge is 2.07. The van der Waals surface area contributed by atoms with E-state index in [1.165, 1.54) is 7.11 Å². The summed E-state index contributed by atoms with van der Waals surface area (Å²) in [4.78, 5) is 14.3. The second kappa shape index (κ2) is 6.12. The molecule has 0 aliphatic rings. The SMILES string of the molecule is COC(=O)c1ccc(CNc2ccc(Br)c(Cl)c2)[nH]1. The first-order valence-electron chi connectivity index (χ1n) is 5.55. The van der Waals surface area contributed by atoms with Crippen LogP contribution in [0.4, 0.5) is 5.69 Å². The van der Waals surface area contributed by atoms with Crippen molar-refractivity contribution in [1.82, 2.24) is 4.98 Å². The number of aromatic nitrogens is 1. The summed E-state index contributed by atoms with van der Waals surface area (Å²) in [5.74, 6) is -0.377. The van der Waals surface area contributed by atoms with Gasteiger partial charge in [-0.25, -0.2) is 4.79 Å². The second-order valence-electron chi connectivity index (χ2n) is 3.87. The van der Waals surface area contributed by atoms with E-state index >= 15 is 0 Å². The van der Waals surface area contributed by atoms with Crippen LogP contribution in [-0.4, -0.2) is 18.1 Å². The maximum absolute atomic E-state index is 11.3. The Kier molecular flexibility index (Phi) is 4.50. The Morgan fingerprint density at radius 2 is 2.21 bits per heavy atom. The number of H-pyrrole nitrogens is 1. The highest BCUT2D eigenvalue weighted by molar-refractivity contribution is 9.10. The third-order valence-electron chi connectivity index (χ3n) is 2.55. The smallest absolute Gasteiger partial charge is 0.354 e. The molecule has 2 aromatic rings. The van der Waals surface area contributed by atoms with Gasteiger partial charge in [0.15, 0.2) is 0 Å². The minimum absolute atomic E-state index is 0.377. The van der Waals surface area contributed by atoms with Gasteiger partial charge < -0.3 is 15.0 Å². The van der Waals surface area contributed by atoms with Crippen molar-refractivity contribution in [2.45, 2.75) is 6.54 Å². The van der Waals surface area contributed by atoms with E-state index in [0.717, 1.165) is 15.9 Å². The van der Waals surface area contributed by atoms with Crippen LogP contribution in [0.25, 0.3) is 0 Å². The van der Waals surface area contributed by atoms with Gasteiger partial charge in [0.2, 0.25) is 0 Å². The largest absolute Gasteiger partial charge is 0.464 e. The molecule has 1 aromatic carbocycles. The number of hydrogen-bond acceptors (Lipinski definition) is 3. The van der Waals surface area contributed by atoms with Crippen LogP contribution in [0.15, 0.2) is 34.8 Å². The van der Waals surface area contributed by atoms with Crippen LogP contribution in [0.2, 0.25) is 5.02 Å². The van der Waals surface area contributed by atoms with E-state index in [0.29, 0.717) is 17.3 Å². The standard InChI is InChI=1S/C13H12BrClN2O2/c1-19-13(18)12-5-3-9(17-12)7-16-8-2-4-10(14)11(15)6-8/h2-6,16-17H,7H2,1H3. The van der Waals surface area contributed by atoms with E-state index < -0.39 is 0 Å². The molecule has 1 aromatic heterocycles. The van der Waals surface area contributed by atoms with Crippen molar-refractivity contribution in [2.24, 2.45) is 0 Å². The molecule has 19 heavy (non-hydrogen) atoms. The van der Waals surface area contributed by atoms with E-state index in [1.54, 1.807) is 6.07 Å². The fraction of sp³-hybridized carbons (Fsp3) is 0.154. The first-order chi connectivity index (χ1) is 9.10. The van der Waals surface area contributed by atoms with E-state index in [2.05, 4.69) is 31.0 Å². The van der Waals surface area contributed by atoms with Gasteiger partial charge in [-0.1, -0.05) is 11.6 Å². The maximum Gasteiger partial charge on any atom is 0.354 e. The Bertz CT molecular complexity index is 598. The van der Waals surface area contributed by atoms with Crippen LogP contribution in [0.3, 0.4) is 0 Å². The maximum atomic E-state index is 11.3. The number of anilines is 1. The highest BCUT2D eigenvalue weighted by Crippen LogP contribution is 2.25. The van der Waals surface area contributed by atoms with Crippen LogP contribution in [0.1, 0.15) is 16.2 Å². The molecule has 6 heteroatoms. The zero-order chi connectivity index (χ0) is 13.8. The molecule has 0 amide bonds. The topological polar surface area (TPSA) is 54.1 Å². The van der Waals surface area contributed by atoms with E-state index in [-0.39, 0.29) is 5.97 Å². The molecular formula is C13H12BrClN2O2. The van der Waals surface area contributed by atoms with Crippen molar-refractivity contribution in [1.29, 1.82) is 0 Å². The van der Waals surface area contributed by atoms with Crippen molar-refractivity contribution in [3.63, 3.8) is 0 Å². The quantitative estimate of drug-likeness (QED) is 0.830. The minimum atomic E-state index is -0.377. The molecule has 0 radical (unpaired) electrons. The number of aromatic amines is 1. The van der Waals surface area contributed by atoms with Crippen LogP contribution < -0.4 is 5.32 Å². The van der Waals surface area contributed by atoms with Crippen LogP contribution >= 0.6 is 27.5 Å². The molecular weight excluding hydrogens is 332 g/mol. The van der Waals surface area contributed by atoms with Crippen molar-refractivity contribution < 1.29 is 9.53 Å². The van der Waals surface area contributed by atoms with Crippen molar-refractivity contribution in [2.75, 3.05) is 12.4 Å². The molecule has 2 N–H and O–H groups in total. The summed E-state index contributed by atoms with van der Waals surface area (Å²) in [5, 5.41) is 3.86. The molecule has 0 bridgehead atoms. The molecule has 0 aliphatic heterocycles. The molecule has 0 unspecified atom stereocenters. The number of carbonyl (C=O) groups is 1. The summed E-state index contributed by atoms with van der Waals surface area (Å²) in [6, 6.07) is 9.15. The van der Waals surface area contributed by atoms with Gasteiger partial charge in [0.05, 0.1) is 18.7 Å². The van der Waals surface area contributed by atoms with Gasteiger partial charge in [0.1, 0.15) is 5.69 Å². The molecule has 1 heterocycles. The summed E-state index contributed by atoms with van der Waals surface area (Å²) in [7, 11) is 1.35.